The molecule has 21 heavy (non-hydrogen) atoms. The second-order valence-electron chi connectivity index (χ2n) is 6.40. The van der Waals surface area contributed by atoms with Crippen LogP contribution in [-0.2, 0) is 9.59 Å². The molecule has 2 aliphatic rings. The van der Waals surface area contributed by atoms with Crippen LogP contribution in [0.15, 0.2) is 24.3 Å². The Morgan fingerprint density at radius 3 is 1.95 bits per heavy atom. The van der Waals surface area contributed by atoms with Crippen LogP contribution in [0.4, 0.5) is 0 Å². The minimum atomic E-state index is -0.374. The highest BCUT2D eigenvalue weighted by molar-refractivity contribution is 5.81. The van der Waals surface area contributed by atoms with Gasteiger partial charge in [0.2, 0.25) is 11.8 Å². The van der Waals surface area contributed by atoms with Crippen molar-refractivity contribution in [3.8, 4) is 0 Å². The maximum absolute atomic E-state index is 12.2. The summed E-state index contributed by atoms with van der Waals surface area (Å²) >= 11 is 0. The lowest BCUT2D eigenvalue weighted by Gasteiger charge is -2.31. The van der Waals surface area contributed by atoms with Crippen LogP contribution in [0.25, 0.3) is 0 Å². The fourth-order valence-electron chi connectivity index (χ4n) is 2.75. The first-order valence-electron chi connectivity index (χ1n) is 7.94. The first-order valence-corrected chi connectivity index (χ1v) is 7.94. The Morgan fingerprint density at radius 2 is 1.48 bits per heavy atom. The van der Waals surface area contributed by atoms with Gasteiger partial charge in [0.05, 0.1) is 5.54 Å². The molecule has 0 radical (unpaired) electrons. The normalized spacial score (nSPS) is 21.4. The van der Waals surface area contributed by atoms with Crippen LogP contribution in [0.1, 0.15) is 46.0 Å². The molecule has 0 saturated carbocycles. The minimum Gasteiger partial charge on any atom is -0.354 e. The second-order valence-corrected chi connectivity index (χ2v) is 6.40. The molecule has 2 aliphatic carbocycles. The third kappa shape index (κ3) is 4.19. The van der Waals surface area contributed by atoms with Gasteiger partial charge in [-0.2, -0.15) is 0 Å². The van der Waals surface area contributed by atoms with E-state index in [1.165, 1.54) is 0 Å². The molecule has 0 aromatic heterocycles. The molecule has 0 spiro atoms. The van der Waals surface area contributed by atoms with Crippen molar-refractivity contribution in [2.24, 2.45) is 11.8 Å². The third-order valence-corrected chi connectivity index (χ3v) is 4.62. The quantitative estimate of drug-likeness (QED) is 0.738. The third-order valence-electron chi connectivity index (χ3n) is 4.62. The molecule has 2 N–H and O–H groups in total. The van der Waals surface area contributed by atoms with E-state index in [1.807, 2.05) is 13.8 Å². The Bertz CT molecular complexity index is 440. The van der Waals surface area contributed by atoms with E-state index in [0.717, 1.165) is 32.1 Å². The van der Waals surface area contributed by atoms with Crippen molar-refractivity contribution in [3.05, 3.63) is 24.3 Å². The number of rotatable bonds is 6. The molecular formula is C17H26N2O2. The Morgan fingerprint density at radius 1 is 1.00 bits per heavy atom. The molecule has 0 fully saturated rings. The van der Waals surface area contributed by atoms with Crippen molar-refractivity contribution in [1.29, 1.82) is 0 Å². The number of carbonyl (C=O) groups excluding carboxylic acids is 2. The molecule has 4 nitrogen and oxygen atoms in total. The lowest BCUT2D eigenvalue weighted by atomic mass is 9.95. The molecule has 0 saturated heterocycles. The average molecular weight is 290 g/mol. The van der Waals surface area contributed by atoms with Crippen molar-refractivity contribution in [2.75, 3.05) is 6.54 Å². The summed E-state index contributed by atoms with van der Waals surface area (Å²) in [5.41, 5.74) is -0.374. The van der Waals surface area contributed by atoms with Crippen molar-refractivity contribution < 1.29 is 9.59 Å². The predicted molar refractivity (Wildman–Crippen MR) is 83.6 cm³/mol. The van der Waals surface area contributed by atoms with Crippen LogP contribution in [0, 0.1) is 11.8 Å². The lowest BCUT2D eigenvalue weighted by molar-refractivity contribution is -0.128. The van der Waals surface area contributed by atoms with E-state index in [4.69, 9.17) is 0 Å². The molecule has 4 heteroatoms. The molecule has 0 aromatic rings. The number of amides is 2. The molecular weight excluding hydrogens is 264 g/mol. The fourth-order valence-corrected chi connectivity index (χ4v) is 2.75. The van der Waals surface area contributed by atoms with Crippen LogP contribution in [0.3, 0.4) is 0 Å². The first-order chi connectivity index (χ1) is 10.0. The van der Waals surface area contributed by atoms with Gasteiger partial charge in [-0.1, -0.05) is 31.2 Å². The standard InChI is InChI=1S/C17H26N2O2/c1-3-17(2,19-16(21)14-10-6-7-11-14)12-18-15(20)13-8-4-5-9-13/h4-7,13-14H,3,8-12H2,1-2H3,(H,18,20)(H,19,21). The number of hydrogen-bond acceptors (Lipinski definition) is 2. The Balaban J connectivity index is 1.81. The largest absolute Gasteiger partial charge is 0.354 e. The van der Waals surface area contributed by atoms with Crippen molar-refractivity contribution in [3.63, 3.8) is 0 Å². The van der Waals surface area contributed by atoms with Gasteiger partial charge in [0.1, 0.15) is 0 Å². The molecule has 2 rings (SSSR count). The molecule has 2 amide bonds. The molecule has 0 bridgehead atoms. The zero-order valence-electron chi connectivity index (χ0n) is 13.0. The maximum Gasteiger partial charge on any atom is 0.224 e. The van der Waals surface area contributed by atoms with Crippen LogP contribution >= 0.6 is 0 Å². The molecule has 1 unspecified atom stereocenters. The smallest absolute Gasteiger partial charge is 0.224 e. The zero-order valence-corrected chi connectivity index (χ0v) is 13.0. The molecule has 1 atom stereocenters. The van der Waals surface area contributed by atoms with E-state index in [0.29, 0.717) is 6.54 Å². The van der Waals surface area contributed by atoms with Gasteiger partial charge in [-0.15, -0.1) is 0 Å². The van der Waals surface area contributed by atoms with E-state index < -0.39 is 0 Å². The summed E-state index contributed by atoms with van der Waals surface area (Å²) in [6.07, 6.45) is 12.3. The topological polar surface area (TPSA) is 58.2 Å². The Labute approximate surface area is 127 Å². The van der Waals surface area contributed by atoms with Crippen LogP contribution in [-0.4, -0.2) is 23.9 Å². The van der Waals surface area contributed by atoms with E-state index in [2.05, 4.69) is 34.9 Å². The molecule has 116 valence electrons. The number of hydrogen-bond donors (Lipinski definition) is 2. The van der Waals surface area contributed by atoms with Crippen molar-refractivity contribution in [2.45, 2.75) is 51.5 Å². The summed E-state index contributed by atoms with van der Waals surface area (Å²) in [4.78, 5) is 24.3. The molecule has 0 aliphatic heterocycles. The van der Waals surface area contributed by atoms with Gasteiger partial charge < -0.3 is 10.6 Å². The van der Waals surface area contributed by atoms with Gasteiger partial charge >= 0.3 is 0 Å². The van der Waals surface area contributed by atoms with Crippen LogP contribution < -0.4 is 10.6 Å². The number of carbonyl (C=O) groups is 2. The van der Waals surface area contributed by atoms with Gasteiger partial charge in [0, 0.05) is 18.4 Å². The van der Waals surface area contributed by atoms with Crippen LogP contribution in [0.2, 0.25) is 0 Å². The summed E-state index contributed by atoms with van der Waals surface area (Å²) in [7, 11) is 0. The molecule has 0 aromatic carbocycles. The average Bonchev–Trinajstić information content (AvgIpc) is 3.16. The van der Waals surface area contributed by atoms with Gasteiger partial charge in [-0.05, 0) is 39.0 Å². The Hall–Kier alpha value is -1.58. The first kappa shape index (κ1) is 15.8. The summed E-state index contributed by atoms with van der Waals surface area (Å²) in [5.74, 6) is 0.323. The van der Waals surface area contributed by atoms with Crippen molar-refractivity contribution in [1.82, 2.24) is 10.6 Å². The van der Waals surface area contributed by atoms with Gasteiger partial charge in [0.15, 0.2) is 0 Å². The fraction of sp³-hybridized carbons (Fsp3) is 0.647. The van der Waals surface area contributed by atoms with E-state index in [9.17, 15) is 9.59 Å². The van der Waals surface area contributed by atoms with Gasteiger partial charge in [0.25, 0.3) is 0 Å². The monoisotopic (exact) mass is 290 g/mol. The summed E-state index contributed by atoms with van der Waals surface area (Å²) in [6, 6.07) is 0. The molecule has 0 heterocycles. The minimum absolute atomic E-state index is 0.0607. The highest BCUT2D eigenvalue weighted by Crippen LogP contribution is 2.20. The second kappa shape index (κ2) is 6.92. The zero-order chi connectivity index (χ0) is 15.3. The van der Waals surface area contributed by atoms with Gasteiger partial charge in [-0.25, -0.2) is 0 Å². The highest BCUT2D eigenvalue weighted by Gasteiger charge is 2.30. The maximum atomic E-state index is 12.2. The van der Waals surface area contributed by atoms with E-state index in [1.54, 1.807) is 0 Å². The van der Waals surface area contributed by atoms with Crippen molar-refractivity contribution >= 4 is 11.8 Å². The number of nitrogens with one attached hydrogen (secondary N) is 2. The SMILES string of the molecule is CCC(C)(CNC(=O)C1CC=CC1)NC(=O)C1CC=CC1. The van der Waals surface area contributed by atoms with Crippen LogP contribution in [0.5, 0.6) is 0 Å². The lowest BCUT2D eigenvalue weighted by Crippen LogP contribution is -2.55. The van der Waals surface area contributed by atoms with E-state index >= 15 is 0 Å². The summed E-state index contributed by atoms with van der Waals surface area (Å²) in [5, 5.41) is 6.12. The van der Waals surface area contributed by atoms with Gasteiger partial charge in [-0.3, -0.25) is 9.59 Å². The summed E-state index contributed by atoms with van der Waals surface area (Å²) in [6.45, 7) is 4.53. The number of allylic oxidation sites excluding steroid dienone is 4. The Kier molecular flexibility index (Phi) is 5.21. The predicted octanol–water partition coefficient (Wildman–Crippen LogP) is 2.32. The van der Waals surface area contributed by atoms with E-state index in [-0.39, 0.29) is 29.2 Å². The highest BCUT2D eigenvalue weighted by atomic mass is 16.2. The summed E-state index contributed by atoms with van der Waals surface area (Å²) < 4.78 is 0.